The van der Waals surface area contributed by atoms with E-state index in [0.717, 1.165) is 18.8 Å². The van der Waals surface area contributed by atoms with Crippen LogP contribution in [0.1, 0.15) is 19.3 Å². The van der Waals surface area contributed by atoms with E-state index in [9.17, 15) is 4.79 Å². The van der Waals surface area contributed by atoms with Crippen molar-refractivity contribution in [3.63, 3.8) is 0 Å². The second kappa shape index (κ2) is 8.06. The molecule has 2 N–H and O–H groups in total. The smallest absolute Gasteiger partial charge is 0.243 e. The number of benzene rings is 2. The SMILES string of the molecule is O=C(CNc1ccccc1N1CCCCC1)Nc1ccccc1Cl. The monoisotopic (exact) mass is 343 g/mol. The molecule has 2 aromatic rings. The molecule has 0 aromatic heterocycles. The largest absolute Gasteiger partial charge is 0.374 e. The van der Waals surface area contributed by atoms with Crippen LogP contribution in [-0.4, -0.2) is 25.5 Å². The number of hydrogen-bond donors (Lipinski definition) is 2. The number of nitrogens with zero attached hydrogens (tertiary/aromatic N) is 1. The van der Waals surface area contributed by atoms with E-state index in [0.29, 0.717) is 10.7 Å². The molecule has 0 unspecified atom stereocenters. The summed E-state index contributed by atoms with van der Waals surface area (Å²) in [6, 6.07) is 15.4. The molecule has 1 aliphatic heterocycles. The summed E-state index contributed by atoms with van der Waals surface area (Å²) < 4.78 is 0. The second-order valence-electron chi connectivity index (χ2n) is 5.95. The zero-order valence-corrected chi connectivity index (χ0v) is 14.4. The molecule has 1 fully saturated rings. The summed E-state index contributed by atoms with van der Waals surface area (Å²) in [5, 5.41) is 6.63. The normalized spacial score (nSPS) is 14.3. The van der Waals surface area contributed by atoms with Gasteiger partial charge in [0.15, 0.2) is 0 Å². The molecule has 0 aliphatic carbocycles. The van der Waals surface area contributed by atoms with Gasteiger partial charge < -0.3 is 15.5 Å². The van der Waals surface area contributed by atoms with Gasteiger partial charge in [-0.15, -0.1) is 0 Å². The fourth-order valence-electron chi connectivity index (χ4n) is 2.97. The van der Waals surface area contributed by atoms with Crippen LogP contribution in [0.5, 0.6) is 0 Å². The van der Waals surface area contributed by atoms with Crippen molar-refractivity contribution in [2.24, 2.45) is 0 Å². The van der Waals surface area contributed by atoms with Crippen LogP contribution >= 0.6 is 11.6 Å². The van der Waals surface area contributed by atoms with Crippen molar-refractivity contribution in [3.05, 3.63) is 53.6 Å². The number of piperidine rings is 1. The van der Waals surface area contributed by atoms with E-state index in [-0.39, 0.29) is 12.5 Å². The first kappa shape index (κ1) is 16.7. The molecule has 3 rings (SSSR count). The van der Waals surface area contributed by atoms with Crippen LogP contribution in [-0.2, 0) is 4.79 Å². The van der Waals surface area contributed by atoms with E-state index in [1.54, 1.807) is 12.1 Å². The number of nitrogens with one attached hydrogen (secondary N) is 2. The Hall–Kier alpha value is -2.20. The van der Waals surface area contributed by atoms with Gasteiger partial charge in [-0.25, -0.2) is 0 Å². The first-order chi connectivity index (χ1) is 11.7. The van der Waals surface area contributed by atoms with Crippen LogP contribution in [0.25, 0.3) is 0 Å². The van der Waals surface area contributed by atoms with Gasteiger partial charge in [-0.2, -0.15) is 0 Å². The lowest BCUT2D eigenvalue weighted by Gasteiger charge is -2.30. The van der Waals surface area contributed by atoms with E-state index in [1.807, 2.05) is 30.3 Å². The predicted molar refractivity (Wildman–Crippen MR) is 101 cm³/mol. The molecular formula is C19H22ClN3O. The van der Waals surface area contributed by atoms with Crippen molar-refractivity contribution in [2.75, 3.05) is 35.2 Å². The molecule has 126 valence electrons. The highest BCUT2D eigenvalue weighted by Gasteiger charge is 2.14. The minimum Gasteiger partial charge on any atom is -0.374 e. The Kier molecular flexibility index (Phi) is 5.59. The molecule has 0 saturated carbocycles. The van der Waals surface area contributed by atoms with Crippen molar-refractivity contribution in [1.29, 1.82) is 0 Å². The minimum atomic E-state index is -0.114. The maximum absolute atomic E-state index is 12.2. The second-order valence-corrected chi connectivity index (χ2v) is 6.35. The summed E-state index contributed by atoms with van der Waals surface area (Å²) in [4.78, 5) is 14.6. The molecule has 24 heavy (non-hydrogen) atoms. The molecule has 0 spiro atoms. The number of para-hydroxylation sites is 3. The van der Waals surface area contributed by atoms with Gasteiger partial charge in [0.2, 0.25) is 5.91 Å². The molecule has 1 heterocycles. The Labute approximate surface area is 147 Å². The van der Waals surface area contributed by atoms with Crippen molar-refractivity contribution in [3.8, 4) is 0 Å². The first-order valence-corrected chi connectivity index (χ1v) is 8.74. The zero-order valence-electron chi connectivity index (χ0n) is 13.6. The van der Waals surface area contributed by atoms with Crippen molar-refractivity contribution < 1.29 is 4.79 Å². The lowest BCUT2D eigenvalue weighted by atomic mass is 10.1. The van der Waals surface area contributed by atoms with Crippen LogP contribution in [0, 0.1) is 0 Å². The molecule has 1 aliphatic rings. The fraction of sp³-hybridized carbons (Fsp3) is 0.316. The van der Waals surface area contributed by atoms with Gasteiger partial charge in [0.05, 0.1) is 28.6 Å². The van der Waals surface area contributed by atoms with Crippen molar-refractivity contribution in [2.45, 2.75) is 19.3 Å². The average molecular weight is 344 g/mol. The number of carbonyl (C=O) groups is 1. The Balaban J connectivity index is 1.62. The Morgan fingerprint density at radius 1 is 0.958 bits per heavy atom. The molecular weight excluding hydrogens is 322 g/mol. The average Bonchev–Trinajstić information content (AvgIpc) is 2.63. The van der Waals surface area contributed by atoms with Gasteiger partial charge in [-0.05, 0) is 43.5 Å². The Bertz CT molecular complexity index is 699. The highest BCUT2D eigenvalue weighted by molar-refractivity contribution is 6.33. The highest BCUT2D eigenvalue weighted by atomic mass is 35.5. The molecule has 1 amide bonds. The van der Waals surface area contributed by atoms with E-state index in [2.05, 4.69) is 21.6 Å². The summed E-state index contributed by atoms with van der Waals surface area (Å²) in [7, 11) is 0. The molecule has 1 saturated heterocycles. The van der Waals surface area contributed by atoms with Gasteiger partial charge in [-0.3, -0.25) is 4.79 Å². The quantitative estimate of drug-likeness (QED) is 0.846. The predicted octanol–water partition coefficient (Wildman–Crippen LogP) is 4.38. The Morgan fingerprint density at radius 3 is 2.38 bits per heavy atom. The number of anilines is 3. The fourth-order valence-corrected chi connectivity index (χ4v) is 3.15. The number of halogens is 1. The topological polar surface area (TPSA) is 44.4 Å². The molecule has 0 bridgehead atoms. The third-order valence-electron chi connectivity index (χ3n) is 4.19. The van der Waals surface area contributed by atoms with Gasteiger partial charge in [-0.1, -0.05) is 35.9 Å². The van der Waals surface area contributed by atoms with E-state index in [4.69, 9.17) is 11.6 Å². The third kappa shape index (κ3) is 4.20. The maximum Gasteiger partial charge on any atom is 0.243 e. The van der Waals surface area contributed by atoms with Gasteiger partial charge in [0, 0.05) is 13.1 Å². The van der Waals surface area contributed by atoms with Crippen LogP contribution in [0.15, 0.2) is 48.5 Å². The molecule has 5 heteroatoms. The third-order valence-corrected chi connectivity index (χ3v) is 4.52. The van der Waals surface area contributed by atoms with E-state index >= 15 is 0 Å². The van der Waals surface area contributed by atoms with Gasteiger partial charge in [0.1, 0.15) is 0 Å². The Morgan fingerprint density at radius 2 is 1.62 bits per heavy atom. The summed E-state index contributed by atoms with van der Waals surface area (Å²) in [5.41, 5.74) is 2.80. The van der Waals surface area contributed by atoms with Crippen LogP contribution < -0.4 is 15.5 Å². The molecule has 0 radical (unpaired) electrons. The van der Waals surface area contributed by atoms with Gasteiger partial charge in [0.25, 0.3) is 0 Å². The first-order valence-electron chi connectivity index (χ1n) is 8.36. The minimum absolute atomic E-state index is 0.114. The zero-order chi connectivity index (χ0) is 16.8. The number of hydrogen-bond acceptors (Lipinski definition) is 3. The van der Waals surface area contributed by atoms with E-state index < -0.39 is 0 Å². The maximum atomic E-state index is 12.2. The van der Waals surface area contributed by atoms with Crippen LogP contribution in [0.4, 0.5) is 17.1 Å². The molecule has 4 nitrogen and oxygen atoms in total. The lowest BCUT2D eigenvalue weighted by molar-refractivity contribution is -0.114. The number of carbonyl (C=O) groups excluding carboxylic acids is 1. The van der Waals surface area contributed by atoms with E-state index in [1.165, 1.54) is 24.9 Å². The number of rotatable bonds is 5. The summed E-state index contributed by atoms with van der Waals surface area (Å²) >= 11 is 6.07. The van der Waals surface area contributed by atoms with Crippen LogP contribution in [0.3, 0.4) is 0 Å². The molecule has 2 aromatic carbocycles. The van der Waals surface area contributed by atoms with Gasteiger partial charge >= 0.3 is 0 Å². The summed E-state index contributed by atoms with van der Waals surface area (Å²) in [5.74, 6) is -0.114. The van der Waals surface area contributed by atoms with Crippen LogP contribution in [0.2, 0.25) is 5.02 Å². The highest BCUT2D eigenvalue weighted by Crippen LogP contribution is 2.28. The summed E-state index contributed by atoms with van der Waals surface area (Å²) in [6.45, 7) is 2.35. The van der Waals surface area contributed by atoms with Crippen molar-refractivity contribution >= 4 is 34.6 Å². The number of amides is 1. The lowest BCUT2D eigenvalue weighted by Crippen LogP contribution is -2.30. The standard InChI is InChI=1S/C19H22ClN3O/c20-15-8-2-3-9-16(15)22-19(24)14-21-17-10-4-5-11-18(17)23-12-6-1-7-13-23/h2-5,8-11,21H,1,6-7,12-14H2,(H,22,24). The van der Waals surface area contributed by atoms with Crippen molar-refractivity contribution in [1.82, 2.24) is 0 Å². The summed E-state index contributed by atoms with van der Waals surface area (Å²) in [6.07, 6.45) is 3.75. The molecule has 0 atom stereocenters.